The Labute approximate surface area is 131 Å². The molecule has 0 radical (unpaired) electrons. The number of carbonyl (C=O) groups is 2. The highest BCUT2D eigenvalue weighted by Gasteiger charge is 2.64. The molecule has 7 nitrogen and oxygen atoms in total. The van der Waals surface area contributed by atoms with Crippen molar-refractivity contribution in [1.29, 1.82) is 0 Å². The van der Waals surface area contributed by atoms with Crippen LogP contribution in [-0.4, -0.2) is 49.3 Å². The van der Waals surface area contributed by atoms with Crippen molar-refractivity contribution in [2.75, 3.05) is 0 Å². The number of aromatic nitrogens is 2. The van der Waals surface area contributed by atoms with Gasteiger partial charge in [0.2, 0.25) is 5.91 Å². The molecule has 3 atom stereocenters. The van der Waals surface area contributed by atoms with Gasteiger partial charge in [0.1, 0.15) is 16.2 Å². The molecular weight excluding hydrogens is 306 g/mol. The Morgan fingerprint density at radius 3 is 2.73 bits per heavy atom. The van der Waals surface area contributed by atoms with Crippen molar-refractivity contribution in [2.24, 2.45) is 11.3 Å². The summed E-state index contributed by atoms with van der Waals surface area (Å²) in [6, 6.07) is -0.325. The SMILES string of the molecule is C[C@@H](O)[C@H]1C(=O)N2C(C(=O)O)=C(Cc3nncs3)C(C)(C)[C@H]12. The van der Waals surface area contributed by atoms with E-state index < -0.39 is 23.4 Å². The third kappa shape index (κ3) is 1.90. The third-order valence-corrected chi connectivity index (χ3v) is 5.34. The van der Waals surface area contributed by atoms with Crippen LogP contribution in [0.4, 0.5) is 0 Å². The van der Waals surface area contributed by atoms with E-state index in [4.69, 9.17) is 0 Å². The van der Waals surface area contributed by atoms with Crippen molar-refractivity contribution in [3.63, 3.8) is 0 Å². The number of hydrogen-bond acceptors (Lipinski definition) is 6. The predicted molar refractivity (Wildman–Crippen MR) is 77.9 cm³/mol. The Balaban J connectivity index is 2.06. The molecule has 3 heterocycles. The topological polar surface area (TPSA) is 104 Å². The van der Waals surface area contributed by atoms with Gasteiger partial charge in [0.25, 0.3) is 0 Å². The molecule has 1 saturated heterocycles. The number of amides is 1. The summed E-state index contributed by atoms with van der Waals surface area (Å²) in [7, 11) is 0. The lowest BCUT2D eigenvalue weighted by Crippen LogP contribution is -2.65. The molecule has 1 aromatic heterocycles. The molecular formula is C14H17N3O4S. The van der Waals surface area contributed by atoms with Gasteiger partial charge in [0.05, 0.1) is 18.1 Å². The fourth-order valence-corrected chi connectivity index (χ4v) is 4.14. The number of carbonyl (C=O) groups excluding carboxylic acids is 1. The van der Waals surface area contributed by atoms with E-state index in [2.05, 4.69) is 10.2 Å². The van der Waals surface area contributed by atoms with Gasteiger partial charge in [-0.15, -0.1) is 21.5 Å². The Morgan fingerprint density at radius 2 is 2.23 bits per heavy atom. The first-order valence-corrected chi connectivity index (χ1v) is 7.88. The van der Waals surface area contributed by atoms with Crippen LogP contribution in [0.15, 0.2) is 16.8 Å². The second-order valence-electron chi connectivity index (χ2n) is 6.28. The number of carboxylic acid groups (broad SMARTS) is 1. The van der Waals surface area contributed by atoms with Gasteiger partial charge in [-0.25, -0.2) is 4.79 Å². The Hall–Kier alpha value is -1.80. The number of fused-ring (bicyclic) bond motifs is 1. The smallest absolute Gasteiger partial charge is 0.352 e. The zero-order chi connectivity index (χ0) is 16.2. The lowest BCUT2D eigenvalue weighted by Gasteiger charge is -2.49. The molecule has 118 valence electrons. The molecule has 2 aliphatic rings. The van der Waals surface area contributed by atoms with Crippen LogP contribution in [0.1, 0.15) is 25.8 Å². The molecule has 0 aromatic carbocycles. The van der Waals surface area contributed by atoms with Crippen LogP contribution in [0.25, 0.3) is 0 Å². The maximum absolute atomic E-state index is 12.3. The van der Waals surface area contributed by atoms with E-state index in [-0.39, 0.29) is 17.6 Å². The molecule has 1 aromatic rings. The average Bonchev–Trinajstić information content (AvgIpc) is 2.96. The van der Waals surface area contributed by atoms with Gasteiger partial charge in [-0.05, 0) is 12.5 Å². The van der Waals surface area contributed by atoms with Gasteiger partial charge < -0.3 is 15.1 Å². The minimum Gasteiger partial charge on any atom is -0.477 e. The summed E-state index contributed by atoms with van der Waals surface area (Å²) in [5.74, 6) is -2.00. The Morgan fingerprint density at radius 1 is 1.55 bits per heavy atom. The van der Waals surface area contributed by atoms with Crippen molar-refractivity contribution >= 4 is 23.2 Å². The van der Waals surface area contributed by atoms with E-state index in [0.717, 1.165) is 0 Å². The summed E-state index contributed by atoms with van der Waals surface area (Å²) in [6.07, 6.45) is -0.449. The zero-order valence-corrected chi connectivity index (χ0v) is 13.3. The molecule has 0 unspecified atom stereocenters. The van der Waals surface area contributed by atoms with Crippen LogP contribution in [0, 0.1) is 11.3 Å². The molecule has 22 heavy (non-hydrogen) atoms. The summed E-state index contributed by atoms with van der Waals surface area (Å²) < 4.78 is 0. The first-order valence-electron chi connectivity index (χ1n) is 7.00. The van der Waals surface area contributed by atoms with E-state index in [0.29, 0.717) is 17.0 Å². The van der Waals surface area contributed by atoms with Crippen molar-refractivity contribution < 1.29 is 19.8 Å². The molecule has 0 aliphatic carbocycles. The molecule has 0 bridgehead atoms. The predicted octanol–water partition coefficient (Wildman–Crippen LogP) is 0.667. The number of nitrogens with zero attached hydrogens (tertiary/aromatic N) is 3. The first kappa shape index (κ1) is 15.1. The Kier molecular flexibility index (Phi) is 3.33. The van der Waals surface area contributed by atoms with Gasteiger partial charge in [-0.1, -0.05) is 13.8 Å². The van der Waals surface area contributed by atoms with Gasteiger partial charge in [0.15, 0.2) is 0 Å². The van der Waals surface area contributed by atoms with Crippen LogP contribution >= 0.6 is 11.3 Å². The third-order valence-electron chi connectivity index (χ3n) is 4.64. The van der Waals surface area contributed by atoms with Crippen molar-refractivity contribution in [3.8, 4) is 0 Å². The summed E-state index contributed by atoms with van der Waals surface area (Å²) in [5, 5.41) is 27.9. The van der Waals surface area contributed by atoms with Crippen LogP contribution in [0.2, 0.25) is 0 Å². The maximum atomic E-state index is 12.3. The molecule has 1 amide bonds. The number of aliphatic carboxylic acids is 1. The standard InChI is InChI=1S/C14H17N3O4S/c1-6(18)9-11-14(2,3)7(4-8-16-15-5-22-8)10(13(20)21)17(11)12(9)19/h5-6,9,11,18H,4H2,1-3H3,(H,20,21)/t6-,9-,11+/m1/s1. The van der Waals surface area contributed by atoms with Gasteiger partial charge in [-0.2, -0.15) is 0 Å². The molecule has 1 fully saturated rings. The normalized spacial score (nSPS) is 27.6. The largest absolute Gasteiger partial charge is 0.477 e. The highest BCUT2D eigenvalue weighted by atomic mass is 32.1. The van der Waals surface area contributed by atoms with Gasteiger partial charge in [-0.3, -0.25) is 4.79 Å². The number of hydrogen-bond donors (Lipinski definition) is 2. The number of aliphatic hydroxyl groups excluding tert-OH is 1. The van der Waals surface area contributed by atoms with Crippen LogP contribution < -0.4 is 0 Å². The molecule has 0 spiro atoms. The quantitative estimate of drug-likeness (QED) is 0.789. The summed E-state index contributed by atoms with van der Waals surface area (Å²) in [4.78, 5) is 25.3. The zero-order valence-electron chi connectivity index (χ0n) is 12.5. The molecule has 3 rings (SSSR count). The summed E-state index contributed by atoms with van der Waals surface area (Å²) in [5.41, 5.74) is 1.76. The molecule has 2 aliphatic heterocycles. The maximum Gasteiger partial charge on any atom is 0.352 e. The number of β-lactam (4-membered cyclic amide) rings is 1. The number of carboxylic acids is 1. The fraction of sp³-hybridized carbons (Fsp3) is 0.571. The highest BCUT2D eigenvalue weighted by molar-refractivity contribution is 7.09. The second kappa shape index (κ2) is 4.85. The van der Waals surface area contributed by atoms with Gasteiger partial charge in [0, 0.05) is 11.8 Å². The summed E-state index contributed by atoms with van der Waals surface area (Å²) >= 11 is 1.35. The molecule has 2 N–H and O–H groups in total. The van der Waals surface area contributed by atoms with Crippen molar-refractivity contribution in [2.45, 2.75) is 39.3 Å². The van der Waals surface area contributed by atoms with Gasteiger partial charge >= 0.3 is 5.97 Å². The summed E-state index contributed by atoms with van der Waals surface area (Å²) in [6.45, 7) is 5.40. The number of rotatable bonds is 4. The lowest BCUT2D eigenvalue weighted by molar-refractivity contribution is -0.166. The van der Waals surface area contributed by atoms with E-state index in [1.807, 2.05) is 13.8 Å². The second-order valence-corrected chi connectivity index (χ2v) is 7.20. The minimum absolute atomic E-state index is 0.0344. The van der Waals surface area contributed by atoms with Crippen LogP contribution in [0.5, 0.6) is 0 Å². The van der Waals surface area contributed by atoms with E-state index in [9.17, 15) is 19.8 Å². The number of aliphatic hydroxyl groups is 1. The van der Waals surface area contributed by atoms with E-state index in [1.54, 1.807) is 12.4 Å². The lowest BCUT2D eigenvalue weighted by atomic mass is 9.68. The first-order chi connectivity index (χ1) is 10.3. The highest BCUT2D eigenvalue weighted by Crippen LogP contribution is 2.54. The van der Waals surface area contributed by atoms with Crippen LogP contribution in [-0.2, 0) is 16.0 Å². The van der Waals surface area contributed by atoms with E-state index >= 15 is 0 Å². The molecule has 8 heteroatoms. The van der Waals surface area contributed by atoms with Crippen molar-refractivity contribution in [3.05, 3.63) is 21.8 Å². The van der Waals surface area contributed by atoms with Crippen molar-refractivity contribution in [1.82, 2.24) is 15.1 Å². The monoisotopic (exact) mass is 323 g/mol. The minimum atomic E-state index is -1.12. The van der Waals surface area contributed by atoms with Crippen LogP contribution in [0.3, 0.4) is 0 Å². The molecule has 0 saturated carbocycles. The Bertz CT molecular complexity index is 666. The average molecular weight is 323 g/mol. The fourth-order valence-electron chi connectivity index (χ4n) is 3.60. The van der Waals surface area contributed by atoms with E-state index in [1.165, 1.54) is 16.2 Å².